The number of carbonyl (C=O) groups is 1. The summed E-state index contributed by atoms with van der Waals surface area (Å²) in [5.41, 5.74) is 1.49. The Labute approximate surface area is 185 Å². The molecule has 1 atom stereocenters. The van der Waals surface area contributed by atoms with Gasteiger partial charge in [0.2, 0.25) is 6.79 Å². The van der Waals surface area contributed by atoms with Crippen molar-refractivity contribution in [2.45, 2.75) is 17.4 Å². The van der Waals surface area contributed by atoms with Crippen molar-refractivity contribution in [1.29, 1.82) is 0 Å². The van der Waals surface area contributed by atoms with Crippen LogP contribution in [0.5, 0.6) is 17.2 Å². The molecule has 2 N–H and O–H groups in total. The summed E-state index contributed by atoms with van der Waals surface area (Å²) in [6, 6.07) is 18.0. The topological polar surface area (TPSA) is 103 Å². The lowest BCUT2D eigenvalue weighted by Crippen LogP contribution is -2.32. The van der Waals surface area contributed by atoms with Gasteiger partial charge in [-0.25, -0.2) is 8.42 Å². The normalized spacial score (nSPS) is 16.6. The van der Waals surface area contributed by atoms with Crippen molar-refractivity contribution >= 4 is 21.6 Å². The molecule has 2 heterocycles. The average Bonchev–Trinajstić information content (AvgIpc) is 3.27. The van der Waals surface area contributed by atoms with Crippen molar-refractivity contribution in [1.82, 2.24) is 5.32 Å². The van der Waals surface area contributed by atoms with Crippen LogP contribution >= 0.6 is 0 Å². The van der Waals surface area contributed by atoms with Gasteiger partial charge in [0.15, 0.2) is 11.5 Å². The Kier molecular flexibility index (Phi) is 5.10. The van der Waals surface area contributed by atoms with E-state index < -0.39 is 10.0 Å². The van der Waals surface area contributed by atoms with E-state index in [9.17, 15) is 13.2 Å². The molecule has 2 aliphatic rings. The number of anilines is 1. The zero-order chi connectivity index (χ0) is 22.1. The van der Waals surface area contributed by atoms with E-state index in [1.54, 1.807) is 30.3 Å². The Hall–Kier alpha value is -3.72. The number of fused-ring (bicyclic) bond motifs is 2. The number of benzene rings is 3. The monoisotopic (exact) mass is 452 g/mol. The fraction of sp³-hybridized carbons (Fsp3) is 0.174. The lowest BCUT2D eigenvalue weighted by molar-refractivity contribution is 0.0924. The first-order valence-electron chi connectivity index (χ1n) is 10.0. The molecule has 0 saturated carbocycles. The van der Waals surface area contributed by atoms with Crippen LogP contribution in [0.4, 0.5) is 5.69 Å². The van der Waals surface area contributed by atoms with Crippen molar-refractivity contribution in [3.63, 3.8) is 0 Å². The highest BCUT2D eigenvalue weighted by molar-refractivity contribution is 7.92. The summed E-state index contributed by atoms with van der Waals surface area (Å²) < 4.78 is 44.5. The zero-order valence-corrected chi connectivity index (χ0v) is 17.7. The third kappa shape index (κ3) is 3.94. The molecule has 1 unspecified atom stereocenters. The Morgan fingerprint density at radius 3 is 2.62 bits per heavy atom. The van der Waals surface area contributed by atoms with Crippen LogP contribution in [0.25, 0.3) is 0 Å². The van der Waals surface area contributed by atoms with Gasteiger partial charge in [-0.2, -0.15) is 0 Å². The summed E-state index contributed by atoms with van der Waals surface area (Å²) in [6.07, 6.45) is 0.631. The smallest absolute Gasteiger partial charge is 0.261 e. The maximum Gasteiger partial charge on any atom is 0.261 e. The van der Waals surface area contributed by atoms with Gasteiger partial charge < -0.3 is 19.5 Å². The third-order valence-electron chi connectivity index (χ3n) is 5.30. The first-order chi connectivity index (χ1) is 15.5. The number of amides is 1. The van der Waals surface area contributed by atoms with Gasteiger partial charge in [-0.05, 0) is 36.4 Å². The first-order valence-corrected chi connectivity index (χ1v) is 11.5. The maximum absolute atomic E-state index is 12.9. The molecule has 3 aromatic carbocycles. The molecule has 8 nitrogen and oxygen atoms in total. The fourth-order valence-electron chi connectivity index (χ4n) is 3.71. The standard InChI is InChI=1S/C23H20N2O6S/c26-23(24-19-10-11-29-20-7-2-1-6-18(19)20)15-4-3-5-17(12-15)32(27,28)25-16-8-9-21-22(13-16)31-14-30-21/h1-9,12-13,19,25H,10-11,14H2,(H,24,26). The number of nitrogens with one attached hydrogen (secondary N) is 2. The Morgan fingerprint density at radius 1 is 0.875 bits per heavy atom. The molecule has 3 aromatic rings. The number of hydrogen-bond donors (Lipinski definition) is 2. The number of sulfonamides is 1. The van der Waals surface area contributed by atoms with Gasteiger partial charge in [0.1, 0.15) is 5.75 Å². The van der Waals surface area contributed by atoms with Gasteiger partial charge in [-0.15, -0.1) is 0 Å². The van der Waals surface area contributed by atoms with Gasteiger partial charge in [0.25, 0.3) is 15.9 Å². The molecule has 0 radical (unpaired) electrons. The van der Waals surface area contributed by atoms with Crippen LogP contribution in [-0.4, -0.2) is 27.7 Å². The molecule has 2 aliphatic heterocycles. The van der Waals surface area contributed by atoms with E-state index in [1.165, 1.54) is 12.1 Å². The van der Waals surface area contributed by atoms with Gasteiger partial charge in [0.05, 0.1) is 23.2 Å². The number of carbonyl (C=O) groups excluding carboxylic acids is 1. The summed E-state index contributed by atoms with van der Waals surface area (Å²) in [6.45, 7) is 0.593. The number of rotatable bonds is 5. The van der Waals surface area contributed by atoms with Crippen LogP contribution in [0.1, 0.15) is 28.4 Å². The van der Waals surface area contributed by atoms with Gasteiger partial charge in [-0.1, -0.05) is 24.3 Å². The molecule has 32 heavy (non-hydrogen) atoms. The van der Waals surface area contributed by atoms with E-state index in [0.29, 0.717) is 30.2 Å². The number of ether oxygens (including phenoxy) is 3. The Balaban J connectivity index is 1.34. The van der Waals surface area contributed by atoms with Crippen LogP contribution in [0.3, 0.4) is 0 Å². The van der Waals surface area contributed by atoms with E-state index in [4.69, 9.17) is 14.2 Å². The molecule has 0 spiro atoms. The van der Waals surface area contributed by atoms with E-state index in [2.05, 4.69) is 10.0 Å². The predicted octanol–water partition coefficient (Wildman–Crippen LogP) is 3.47. The van der Waals surface area contributed by atoms with Crippen LogP contribution in [-0.2, 0) is 10.0 Å². The minimum absolute atomic E-state index is 0.0183. The van der Waals surface area contributed by atoms with Gasteiger partial charge >= 0.3 is 0 Å². The summed E-state index contributed by atoms with van der Waals surface area (Å²) in [7, 11) is -3.91. The van der Waals surface area contributed by atoms with Crippen molar-refractivity contribution in [2.24, 2.45) is 0 Å². The van der Waals surface area contributed by atoms with Gasteiger partial charge in [0, 0.05) is 23.6 Å². The summed E-state index contributed by atoms with van der Waals surface area (Å²) in [5, 5.41) is 2.98. The van der Waals surface area contributed by atoms with Crippen LogP contribution in [0, 0.1) is 0 Å². The molecule has 1 amide bonds. The molecule has 164 valence electrons. The predicted molar refractivity (Wildman–Crippen MR) is 117 cm³/mol. The van der Waals surface area contributed by atoms with Gasteiger partial charge in [-0.3, -0.25) is 9.52 Å². The SMILES string of the molecule is O=C(NC1CCOc2ccccc21)c1cccc(S(=O)(=O)Nc2ccc3c(c2)OCO3)c1. The zero-order valence-electron chi connectivity index (χ0n) is 16.9. The summed E-state index contributed by atoms with van der Waals surface area (Å²) in [4.78, 5) is 12.9. The highest BCUT2D eigenvalue weighted by Gasteiger charge is 2.24. The van der Waals surface area contributed by atoms with Crippen LogP contribution in [0.15, 0.2) is 71.6 Å². The van der Waals surface area contributed by atoms with E-state index in [0.717, 1.165) is 11.3 Å². The van der Waals surface area contributed by atoms with Crippen molar-refractivity contribution in [3.05, 3.63) is 77.9 Å². The van der Waals surface area contributed by atoms with Crippen LogP contribution < -0.4 is 24.2 Å². The largest absolute Gasteiger partial charge is 0.493 e. The maximum atomic E-state index is 12.9. The Morgan fingerprint density at radius 2 is 1.72 bits per heavy atom. The van der Waals surface area contributed by atoms with E-state index >= 15 is 0 Å². The minimum atomic E-state index is -3.91. The highest BCUT2D eigenvalue weighted by Crippen LogP contribution is 2.35. The minimum Gasteiger partial charge on any atom is -0.493 e. The average molecular weight is 452 g/mol. The summed E-state index contributed by atoms with van der Waals surface area (Å²) >= 11 is 0. The second-order valence-electron chi connectivity index (χ2n) is 7.40. The summed E-state index contributed by atoms with van der Waals surface area (Å²) in [5.74, 6) is 1.41. The molecule has 5 rings (SSSR count). The lowest BCUT2D eigenvalue weighted by Gasteiger charge is -2.26. The lowest BCUT2D eigenvalue weighted by atomic mass is 10.00. The quantitative estimate of drug-likeness (QED) is 0.615. The number of para-hydroxylation sites is 1. The Bertz CT molecular complexity index is 1290. The second-order valence-corrected chi connectivity index (χ2v) is 9.08. The highest BCUT2D eigenvalue weighted by atomic mass is 32.2. The fourth-order valence-corrected chi connectivity index (χ4v) is 4.81. The first kappa shape index (κ1) is 20.2. The third-order valence-corrected chi connectivity index (χ3v) is 6.67. The molecular weight excluding hydrogens is 432 g/mol. The molecule has 0 fully saturated rings. The molecule has 9 heteroatoms. The van der Waals surface area contributed by atoms with Crippen molar-refractivity contribution < 1.29 is 27.4 Å². The molecule has 0 saturated heterocycles. The van der Waals surface area contributed by atoms with E-state index in [-0.39, 0.29) is 29.2 Å². The molecule has 0 aromatic heterocycles. The second kappa shape index (κ2) is 8.08. The molecule has 0 aliphatic carbocycles. The molecular formula is C23H20N2O6S. The van der Waals surface area contributed by atoms with Crippen molar-refractivity contribution in [3.8, 4) is 17.2 Å². The van der Waals surface area contributed by atoms with Crippen LogP contribution in [0.2, 0.25) is 0 Å². The number of hydrogen-bond acceptors (Lipinski definition) is 6. The molecule has 0 bridgehead atoms. The van der Waals surface area contributed by atoms with E-state index in [1.807, 2.05) is 24.3 Å². The van der Waals surface area contributed by atoms with Crippen molar-refractivity contribution in [2.75, 3.05) is 18.1 Å².